The van der Waals surface area contributed by atoms with Crippen molar-refractivity contribution in [3.05, 3.63) is 71.9 Å². The number of benzene rings is 2. The molecule has 0 amide bonds. The van der Waals surface area contributed by atoms with E-state index < -0.39 is 10.0 Å². The first-order valence-corrected chi connectivity index (χ1v) is 9.27. The molecule has 1 N–H and O–H groups in total. The minimum Gasteiger partial charge on any atom is -0.282 e. The van der Waals surface area contributed by atoms with Crippen LogP contribution in [0.5, 0.6) is 0 Å². The van der Waals surface area contributed by atoms with Gasteiger partial charge in [-0.05, 0) is 12.1 Å². The molecule has 2 heterocycles. The molecule has 1 aliphatic rings. The Bertz CT molecular complexity index is 950. The molecule has 5 nitrogen and oxygen atoms in total. The highest BCUT2D eigenvalue weighted by atomic mass is 32.2. The van der Waals surface area contributed by atoms with Crippen LogP contribution in [-0.4, -0.2) is 29.5 Å². The second-order valence-electron chi connectivity index (χ2n) is 5.80. The third-order valence-electron chi connectivity index (χ3n) is 4.33. The Hall–Kier alpha value is -2.44. The number of H-pyrrole nitrogens is 1. The fourth-order valence-corrected chi connectivity index (χ4v) is 4.48. The van der Waals surface area contributed by atoms with E-state index in [4.69, 9.17) is 0 Å². The summed E-state index contributed by atoms with van der Waals surface area (Å²) in [7, 11) is -3.49. The van der Waals surface area contributed by atoms with Crippen molar-refractivity contribution in [1.29, 1.82) is 0 Å². The third-order valence-corrected chi connectivity index (χ3v) is 6.19. The highest BCUT2D eigenvalue weighted by molar-refractivity contribution is 7.89. The quantitative estimate of drug-likeness (QED) is 0.798. The molecule has 3 aromatic rings. The Kier molecular flexibility index (Phi) is 3.70. The van der Waals surface area contributed by atoms with E-state index in [1.807, 2.05) is 36.4 Å². The van der Waals surface area contributed by atoms with Crippen LogP contribution in [0.3, 0.4) is 0 Å². The van der Waals surface area contributed by atoms with Gasteiger partial charge in [0.1, 0.15) is 0 Å². The summed E-state index contributed by atoms with van der Waals surface area (Å²) in [5, 5.41) is 7.48. The van der Waals surface area contributed by atoms with Crippen molar-refractivity contribution >= 4 is 10.0 Å². The first-order chi connectivity index (χ1) is 11.7. The predicted octanol–water partition coefficient (Wildman–Crippen LogP) is 2.82. The lowest BCUT2D eigenvalue weighted by Crippen LogP contribution is -2.35. The third kappa shape index (κ3) is 2.53. The van der Waals surface area contributed by atoms with Crippen molar-refractivity contribution in [2.24, 2.45) is 0 Å². The van der Waals surface area contributed by atoms with Crippen LogP contribution in [0.2, 0.25) is 0 Å². The fraction of sp³-hybridized carbons (Fsp3) is 0.167. The van der Waals surface area contributed by atoms with E-state index in [0.717, 1.165) is 22.5 Å². The SMILES string of the molecule is O=S(=O)(c1ccccc1)N1CCc2[nH]nc(-c3ccccc3)c2C1. The van der Waals surface area contributed by atoms with Gasteiger partial charge >= 0.3 is 0 Å². The van der Waals surface area contributed by atoms with Crippen LogP contribution in [0.4, 0.5) is 0 Å². The maximum Gasteiger partial charge on any atom is 0.243 e. The van der Waals surface area contributed by atoms with Crippen LogP contribution in [0.1, 0.15) is 11.3 Å². The van der Waals surface area contributed by atoms with Crippen LogP contribution in [0.15, 0.2) is 65.6 Å². The van der Waals surface area contributed by atoms with Crippen molar-refractivity contribution in [2.75, 3.05) is 6.54 Å². The highest BCUT2D eigenvalue weighted by Crippen LogP contribution is 2.30. The van der Waals surface area contributed by atoms with E-state index in [1.165, 1.54) is 4.31 Å². The van der Waals surface area contributed by atoms with Gasteiger partial charge in [-0.15, -0.1) is 0 Å². The van der Waals surface area contributed by atoms with Gasteiger partial charge < -0.3 is 0 Å². The summed E-state index contributed by atoms with van der Waals surface area (Å²) in [6.07, 6.45) is 0.640. The van der Waals surface area contributed by atoms with Gasteiger partial charge in [-0.3, -0.25) is 5.10 Å². The smallest absolute Gasteiger partial charge is 0.243 e. The Morgan fingerprint density at radius 3 is 2.33 bits per heavy atom. The first kappa shape index (κ1) is 15.1. The fourth-order valence-electron chi connectivity index (χ4n) is 3.05. The molecule has 4 rings (SSSR count). The Balaban J connectivity index is 1.71. The zero-order valence-electron chi connectivity index (χ0n) is 13.0. The van der Waals surface area contributed by atoms with E-state index >= 15 is 0 Å². The summed E-state index contributed by atoms with van der Waals surface area (Å²) in [5.41, 5.74) is 3.81. The standard InChI is InChI=1S/C18H17N3O2S/c22-24(23,15-9-5-2-6-10-15)21-12-11-17-16(13-21)18(20-19-17)14-7-3-1-4-8-14/h1-10H,11-13H2,(H,19,20). The van der Waals surface area contributed by atoms with Crippen molar-refractivity contribution in [1.82, 2.24) is 14.5 Å². The summed E-state index contributed by atoms with van der Waals surface area (Å²) in [6.45, 7) is 0.800. The molecule has 1 aliphatic heterocycles. The second-order valence-corrected chi connectivity index (χ2v) is 7.73. The van der Waals surface area contributed by atoms with E-state index in [0.29, 0.717) is 24.4 Å². The number of fused-ring (bicyclic) bond motifs is 1. The van der Waals surface area contributed by atoms with Crippen LogP contribution in [0, 0.1) is 0 Å². The van der Waals surface area contributed by atoms with E-state index in [2.05, 4.69) is 10.2 Å². The normalized spacial score (nSPS) is 15.2. The number of aromatic amines is 1. The van der Waals surface area contributed by atoms with Gasteiger partial charge in [-0.1, -0.05) is 48.5 Å². The number of nitrogens with one attached hydrogen (secondary N) is 1. The van der Waals surface area contributed by atoms with Gasteiger partial charge in [-0.2, -0.15) is 9.40 Å². The minimum atomic E-state index is -3.49. The molecule has 0 radical (unpaired) electrons. The van der Waals surface area contributed by atoms with Crippen molar-refractivity contribution < 1.29 is 8.42 Å². The molecule has 6 heteroatoms. The maximum atomic E-state index is 12.9. The summed E-state index contributed by atoms with van der Waals surface area (Å²) in [4.78, 5) is 0.332. The molecular formula is C18H17N3O2S. The largest absolute Gasteiger partial charge is 0.282 e. The van der Waals surface area contributed by atoms with Gasteiger partial charge in [-0.25, -0.2) is 8.42 Å². The lowest BCUT2D eigenvalue weighted by atomic mass is 10.0. The molecule has 24 heavy (non-hydrogen) atoms. The summed E-state index contributed by atoms with van der Waals surface area (Å²) in [6, 6.07) is 18.4. The van der Waals surface area contributed by atoms with Crippen molar-refractivity contribution in [3.63, 3.8) is 0 Å². The topological polar surface area (TPSA) is 66.1 Å². The Morgan fingerprint density at radius 2 is 1.62 bits per heavy atom. The molecule has 0 spiro atoms. The number of rotatable bonds is 3. The molecule has 0 unspecified atom stereocenters. The van der Waals surface area contributed by atoms with Crippen LogP contribution < -0.4 is 0 Å². The van der Waals surface area contributed by atoms with Crippen LogP contribution in [0.25, 0.3) is 11.3 Å². The highest BCUT2D eigenvalue weighted by Gasteiger charge is 2.31. The molecule has 2 aromatic carbocycles. The second kappa shape index (κ2) is 5.89. The average Bonchev–Trinajstić information content (AvgIpc) is 3.06. The zero-order valence-corrected chi connectivity index (χ0v) is 13.8. The van der Waals surface area contributed by atoms with E-state index in [9.17, 15) is 8.42 Å². The molecule has 0 aliphatic carbocycles. The summed E-state index contributed by atoms with van der Waals surface area (Å²) in [5.74, 6) is 0. The lowest BCUT2D eigenvalue weighted by Gasteiger charge is -2.26. The molecule has 122 valence electrons. The van der Waals surface area contributed by atoms with Gasteiger partial charge in [0.15, 0.2) is 0 Å². The minimum absolute atomic E-state index is 0.332. The number of aromatic nitrogens is 2. The summed E-state index contributed by atoms with van der Waals surface area (Å²) < 4.78 is 27.3. The van der Waals surface area contributed by atoms with Crippen LogP contribution in [-0.2, 0) is 23.0 Å². The lowest BCUT2D eigenvalue weighted by molar-refractivity contribution is 0.390. The van der Waals surface area contributed by atoms with Gasteiger partial charge in [0.25, 0.3) is 0 Å². The van der Waals surface area contributed by atoms with E-state index in [-0.39, 0.29) is 0 Å². The molecule has 0 bridgehead atoms. The molecule has 0 fully saturated rings. The monoisotopic (exact) mass is 339 g/mol. The van der Waals surface area contributed by atoms with Gasteiger partial charge in [0, 0.05) is 36.3 Å². The van der Waals surface area contributed by atoms with Crippen molar-refractivity contribution in [3.8, 4) is 11.3 Å². The van der Waals surface area contributed by atoms with Gasteiger partial charge in [0.2, 0.25) is 10.0 Å². The van der Waals surface area contributed by atoms with Crippen LogP contribution >= 0.6 is 0 Å². The molecule has 0 saturated carbocycles. The number of hydrogen-bond donors (Lipinski definition) is 1. The Labute approximate surface area is 141 Å². The predicted molar refractivity (Wildman–Crippen MR) is 91.8 cm³/mol. The average molecular weight is 339 g/mol. The molecule has 1 aromatic heterocycles. The summed E-state index contributed by atoms with van der Waals surface area (Å²) >= 11 is 0. The van der Waals surface area contributed by atoms with E-state index in [1.54, 1.807) is 24.3 Å². The Morgan fingerprint density at radius 1 is 0.958 bits per heavy atom. The number of nitrogens with zero attached hydrogens (tertiary/aromatic N) is 2. The molecule has 0 saturated heterocycles. The first-order valence-electron chi connectivity index (χ1n) is 7.83. The molecular weight excluding hydrogens is 322 g/mol. The van der Waals surface area contributed by atoms with Crippen molar-refractivity contribution in [2.45, 2.75) is 17.9 Å². The number of sulfonamides is 1. The number of hydrogen-bond acceptors (Lipinski definition) is 3. The van der Waals surface area contributed by atoms with Gasteiger partial charge in [0.05, 0.1) is 10.6 Å². The maximum absolute atomic E-state index is 12.9. The molecule has 0 atom stereocenters. The zero-order chi connectivity index (χ0) is 16.6.